The molecule has 9 nitrogen and oxygen atoms in total. The van der Waals surface area contributed by atoms with Crippen LogP contribution in [0.3, 0.4) is 0 Å². The lowest BCUT2D eigenvalue weighted by Crippen LogP contribution is -2.54. The number of nitrogens with one attached hydrogen (secondary N) is 2. The van der Waals surface area contributed by atoms with E-state index in [1.165, 1.54) is 10.7 Å². The van der Waals surface area contributed by atoms with Crippen LogP contribution < -0.4 is 10.6 Å². The van der Waals surface area contributed by atoms with Crippen molar-refractivity contribution in [3.05, 3.63) is 0 Å². The first kappa shape index (κ1) is 27.9. The van der Waals surface area contributed by atoms with Gasteiger partial charge in [0.1, 0.15) is 11.6 Å². The van der Waals surface area contributed by atoms with Crippen LogP contribution in [0.15, 0.2) is 0 Å². The molecule has 0 aromatic carbocycles. The summed E-state index contributed by atoms with van der Waals surface area (Å²) >= 11 is 0. The maximum atomic E-state index is 13.0. The number of carbonyl (C=O) groups is 2. The fraction of sp³-hybridized carbons (Fsp3) is 0.913. The Labute approximate surface area is 199 Å². The number of nitrogens with zero attached hydrogens (tertiary/aromatic N) is 1. The van der Waals surface area contributed by atoms with Crippen LogP contribution in [0.1, 0.15) is 79.6 Å². The van der Waals surface area contributed by atoms with Gasteiger partial charge in [-0.2, -0.15) is 4.31 Å². The molecule has 1 saturated carbocycles. The van der Waals surface area contributed by atoms with Crippen LogP contribution >= 0.6 is 0 Å². The number of alkyl carbamates (subject to hydrolysis) is 1. The van der Waals surface area contributed by atoms with Gasteiger partial charge in [0.05, 0.1) is 17.9 Å². The first-order chi connectivity index (χ1) is 15.3. The molecule has 2 rings (SSSR count). The number of rotatable bonds is 7. The minimum atomic E-state index is -3.51. The summed E-state index contributed by atoms with van der Waals surface area (Å²) in [6.07, 6.45) is 4.24. The predicted octanol–water partition coefficient (Wildman–Crippen LogP) is 2.39. The average Bonchev–Trinajstić information content (AvgIpc) is 2.78. The molecule has 0 spiro atoms. The molecule has 1 aliphatic carbocycles. The number of aliphatic hydroxyl groups excluding tert-OH is 1. The Hall–Kier alpha value is -1.39. The average molecular weight is 490 g/mol. The van der Waals surface area contributed by atoms with Crippen molar-refractivity contribution in [3.8, 4) is 0 Å². The normalized spacial score (nSPS) is 25.8. The highest BCUT2D eigenvalue weighted by Crippen LogP contribution is 2.27. The SMILES string of the molecule is CC(C)CC(NC(=O)OC(C)(C)C)C(=O)NC1CCS(=O)(=O)N(CC2CCCCC2)CC1O. The van der Waals surface area contributed by atoms with Gasteiger partial charge in [0, 0.05) is 13.1 Å². The minimum Gasteiger partial charge on any atom is -0.444 e. The molecule has 10 heteroatoms. The molecular weight excluding hydrogens is 446 g/mol. The predicted molar refractivity (Wildman–Crippen MR) is 127 cm³/mol. The molecule has 1 heterocycles. The zero-order chi connectivity index (χ0) is 24.8. The van der Waals surface area contributed by atoms with E-state index >= 15 is 0 Å². The van der Waals surface area contributed by atoms with Gasteiger partial charge in [0.25, 0.3) is 0 Å². The Morgan fingerprint density at radius 3 is 2.33 bits per heavy atom. The van der Waals surface area contributed by atoms with Crippen LogP contribution in [-0.2, 0) is 19.6 Å². The Balaban J connectivity index is 2.04. The first-order valence-electron chi connectivity index (χ1n) is 12.2. The van der Waals surface area contributed by atoms with E-state index in [1.807, 2.05) is 13.8 Å². The molecule has 3 atom stereocenters. The van der Waals surface area contributed by atoms with Crippen LogP contribution in [0, 0.1) is 11.8 Å². The fourth-order valence-electron chi connectivity index (χ4n) is 4.50. The molecule has 0 aromatic rings. The third kappa shape index (κ3) is 9.41. The number of hydrogen-bond acceptors (Lipinski definition) is 6. The van der Waals surface area contributed by atoms with Crippen molar-refractivity contribution in [1.29, 1.82) is 0 Å². The molecule has 2 fully saturated rings. The van der Waals surface area contributed by atoms with E-state index in [2.05, 4.69) is 10.6 Å². The van der Waals surface area contributed by atoms with Gasteiger partial charge in [-0.3, -0.25) is 4.79 Å². The van der Waals surface area contributed by atoms with Crippen molar-refractivity contribution in [3.63, 3.8) is 0 Å². The highest BCUT2D eigenvalue weighted by Gasteiger charge is 2.37. The molecule has 0 bridgehead atoms. The maximum absolute atomic E-state index is 13.0. The number of ether oxygens (including phenoxy) is 1. The molecule has 1 aliphatic heterocycles. The number of amides is 2. The summed E-state index contributed by atoms with van der Waals surface area (Å²) in [5.74, 6) is -0.131. The second-order valence-electron chi connectivity index (χ2n) is 10.9. The van der Waals surface area contributed by atoms with Crippen LogP contribution in [0.2, 0.25) is 0 Å². The largest absolute Gasteiger partial charge is 0.444 e. The van der Waals surface area contributed by atoms with Crippen molar-refractivity contribution in [2.45, 2.75) is 103 Å². The Morgan fingerprint density at radius 1 is 1.12 bits per heavy atom. The third-order valence-corrected chi connectivity index (χ3v) is 8.00. The van der Waals surface area contributed by atoms with Gasteiger partial charge < -0.3 is 20.5 Å². The number of aliphatic hydroxyl groups is 1. The monoisotopic (exact) mass is 489 g/mol. The lowest BCUT2D eigenvalue weighted by atomic mass is 9.89. The van der Waals surface area contributed by atoms with Gasteiger partial charge in [-0.15, -0.1) is 0 Å². The van der Waals surface area contributed by atoms with E-state index in [0.29, 0.717) is 18.9 Å². The summed E-state index contributed by atoms with van der Waals surface area (Å²) in [6, 6.07) is -1.55. The van der Waals surface area contributed by atoms with E-state index in [4.69, 9.17) is 4.74 Å². The van der Waals surface area contributed by atoms with Crippen molar-refractivity contribution < 1.29 is 27.9 Å². The summed E-state index contributed by atoms with van der Waals surface area (Å²) < 4.78 is 32.4. The molecule has 0 radical (unpaired) electrons. The van der Waals surface area contributed by atoms with Gasteiger partial charge in [-0.05, 0) is 58.3 Å². The van der Waals surface area contributed by atoms with Crippen molar-refractivity contribution in [1.82, 2.24) is 14.9 Å². The topological polar surface area (TPSA) is 125 Å². The molecule has 2 aliphatic rings. The summed E-state index contributed by atoms with van der Waals surface area (Å²) in [5.41, 5.74) is -0.698. The lowest BCUT2D eigenvalue weighted by molar-refractivity contribution is -0.125. The summed E-state index contributed by atoms with van der Waals surface area (Å²) in [6.45, 7) is 9.50. The van der Waals surface area contributed by atoms with Gasteiger partial charge >= 0.3 is 6.09 Å². The van der Waals surface area contributed by atoms with E-state index in [1.54, 1.807) is 20.8 Å². The number of β-amino-alcohol motifs (C(OH)–C–C–N with tert-alkyl or cyclic N) is 1. The van der Waals surface area contributed by atoms with Crippen molar-refractivity contribution in [2.24, 2.45) is 11.8 Å². The van der Waals surface area contributed by atoms with Gasteiger partial charge in [0.2, 0.25) is 15.9 Å². The second kappa shape index (κ2) is 11.8. The Bertz CT molecular complexity index is 759. The van der Waals surface area contributed by atoms with E-state index in [-0.39, 0.29) is 24.6 Å². The van der Waals surface area contributed by atoms with Crippen LogP contribution in [0.4, 0.5) is 4.79 Å². The third-order valence-electron chi connectivity index (χ3n) is 6.16. The smallest absolute Gasteiger partial charge is 0.408 e. The molecular formula is C23H43N3O6S. The van der Waals surface area contributed by atoms with Crippen LogP contribution in [0.5, 0.6) is 0 Å². The summed E-state index contributed by atoms with van der Waals surface area (Å²) in [4.78, 5) is 25.2. The van der Waals surface area contributed by atoms with E-state index in [9.17, 15) is 23.1 Å². The standard InChI is InChI=1S/C23H43N3O6S/c1-16(2)13-19(25-22(29)32-23(3,4)5)21(28)24-18-11-12-33(30,31)26(15-20(18)27)14-17-9-7-6-8-10-17/h16-20,27H,6-15H2,1-5H3,(H,24,28)(H,25,29). The fourth-order valence-corrected chi connectivity index (χ4v) is 6.12. The highest BCUT2D eigenvalue weighted by molar-refractivity contribution is 7.89. The molecule has 192 valence electrons. The van der Waals surface area contributed by atoms with E-state index < -0.39 is 45.8 Å². The first-order valence-corrected chi connectivity index (χ1v) is 13.8. The lowest BCUT2D eigenvalue weighted by Gasteiger charge is -2.30. The van der Waals surface area contributed by atoms with Crippen molar-refractivity contribution >= 4 is 22.0 Å². The Morgan fingerprint density at radius 2 is 1.76 bits per heavy atom. The molecule has 0 aromatic heterocycles. The second-order valence-corrected chi connectivity index (χ2v) is 13.0. The molecule has 33 heavy (non-hydrogen) atoms. The Kier molecular flexibility index (Phi) is 9.99. The van der Waals surface area contributed by atoms with E-state index in [0.717, 1.165) is 25.7 Å². The quantitative estimate of drug-likeness (QED) is 0.504. The number of sulfonamides is 1. The molecule has 2 amide bonds. The van der Waals surface area contributed by atoms with Gasteiger partial charge in [0.15, 0.2) is 0 Å². The molecule has 3 N–H and O–H groups in total. The summed E-state index contributed by atoms with van der Waals surface area (Å²) in [7, 11) is -3.51. The van der Waals surface area contributed by atoms with Crippen LogP contribution in [0.25, 0.3) is 0 Å². The molecule has 3 unspecified atom stereocenters. The number of carbonyl (C=O) groups excluding carboxylic acids is 2. The molecule has 1 saturated heterocycles. The number of hydrogen-bond donors (Lipinski definition) is 3. The highest BCUT2D eigenvalue weighted by atomic mass is 32.2. The zero-order valence-electron chi connectivity index (χ0n) is 20.8. The van der Waals surface area contributed by atoms with Crippen molar-refractivity contribution in [2.75, 3.05) is 18.8 Å². The van der Waals surface area contributed by atoms with Gasteiger partial charge in [-0.1, -0.05) is 33.1 Å². The van der Waals surface area contributed by atoms with Crippen LogP contribution in [-0.4, -0.2) is 72.5 Å². The minimum absolute atomic E-state index is 0.0296. The zero-order valence-corrected chi connectivity index (χ0v) is 21.6. The maximum Gasteiger partial charge on any atom is 0.408 e. The summed E-state index contributed by atoms with van der Waals surface area (Å²) in [5, 5.41) is 16.2. The van der Waals surface area contributed by atoms with Gasteiger partial charge in [-0.25, -0.2) is 13.2 Å².